The summed E-state index contributed by atoms with van der Waals surface area (Å²) in [6, 6.07) is 9.21. The highest BCUT2D eigenvalue weighted by Crippen LogP contribution is 2.28. The van der Waals surface area contributed by atoms with Gasteiger partial charge < -0.3 is 15.0 Å². The Hall–Kier alpha value is -3.27. The molecule has 3 rings (SSSR count). The summed E-state index contributed by atoms with van der Waals surface area (Å²) in [7, 11) is 0. The standard InChI is InChI=1S/C21H20BrN3O6/c1-12-8-18(13(2)7-17(12)22)23-19(26)11-31-21(28)14-9-20(27)24(10-14)15-3-5-16(6-4-15)25(29)30/h3-8,14H,9-11H2,1-2H3,(H,23,26)/t14-/m1/s1. The third-order valence-corrected chi connectivity index (χ3v) is 5.81. The van der Waals surface area contributed by atoms with Gasteiger partial charge in [-0.2, -0.15) is 0 Å². The fourth-order valence-corrected chi connectivity index (χ4v) is 3.68. The van der Waals surface area contributed by atoms with Gasteiger partial charge in [0.25, 0.3) is 11.6 Å². The van der Waals surface area contributed by atoms with Crippen LogP contribution in [0.1, 0.15) is 17.5 Å². The number of non-ortho nitro benzene ring substituents is 1. The van der Waals surface area contributed by atoms with Gasteiger partial charge in [0.05, 0.1) is 10.8 Å². The number of hydrogen-bond donors (Lipinski definition) is 1. The van der Waals surface area contributed by atoms with E-state index in [1.165, 1.54) is 29.2 Å². The van der Waals surface area contributed by atoms with Crippen molar-refractivity contribution < 1.29 is 24.0 Å². The first-order valence-corrected chi connectivity index (χ1v) is 10.2. The van der Waals surface area contributed by atoms with Crippen LogP contribution in [-0.4, -0.2) is 35.9 Å². The van der Waals surface area contributed by atoms with E-state index in [2.05, 4.69) is 21.2 Å². The lowest BCUT2D eigenvalue weighted by atomic mass is 10.1. The molecule has 0 spiro atoms. The first kappa shape index (κ1) is 22.4. The van der Waals surface area contributed by atoms with Crippen molar-refractivity contribution in [3.8, 4) is 0 Å². The lowest BCUT2D eigenvalue weighted by Crippen LogP contribution is -2.28. The summed E-state index contributed by atoms with van der Waals surface area (Å²) in [5.74, 6) is -2.13. The van der Waals surface area contributed by atoms with Gasteiger partial charge in [-0.1, -0.05) is 15.9 Å². The molecular formula is C21H20BrN3O6. The van der Waals surface area contributed by atoms with Crippen LogP contribution >= 0.6 is 15.9 Å². The van der Waals surface area contributed by atoms with Crippen LogP contribution in [0.3, 0.4) is 0 Å². The Morgan fingerprint density at radius 1 is 1.23 bits per heavy atom. The lowest BCUT2D eigenvalue weighted by Gasteiger charge is -2.16. The zero-order valence-corrected chi connectivity index (χ0v) is 18.5. The fraction of sp³-hybridized carbons (Fsp3) is 0.286. The summed E-state index contributed by atoms with van der Waals surface area (Å²) in [5.41, 5.74) is 2.81. The highest BCUT2D eigenvalue weighted by atomic mass is 79.9. The third-order valence-electron chi connectivity index (χ3n) is 4.96. The zero-order chi connectivity index (χ0) is 22.7. The number of nitrogens with one attached hydrogen (secondary N) is 1. The minimum absolute atomic E-state index is 0.0531. The number of benzene rings is 2. The van der Waals surface area contributed by atoms with Crippen molar-refractivity contribution in [2.24, 2.45) is 5.92 Å². The molecule has 10 heteroatoms. The van der Waals surface area contributed by atoms with Crippen molar-refractivity contribution in [3.63, 3.8) is 0 Å². The minimum atomic E-state index is -0.716. The normalized spacial score (nSPS) is 15.6. The van der Waals surface area contributed by atoms with Gasteiger partial charge in [0.15, 0.2) is 6.61 Å². The number of aryl methyl sites for hydroxylation is 2. The summed E-state index contributed by atoms with van der Waals surface area (Å²) < 4.78 is 6.04. The molecule has 2 aromatic carbocycles. The number of nitro groups is 1. The molecule has 9 nitrogen and oxygen atoms in total. The van der Waals surface area contributed by atoms with Gasteiger partial charge >= 0.3 is 5.97 Å². The number of nitro benzene ring substituents is 1. The summed E-state index contributed by atoms with van der Waals surface area (Å²) in [4.78, 5) is 48.4. The Labute approximate surface area is 186 Å². The highest BCUT2D eigenvalue weighted by Gasteiger charge is 2.36. The van der Waals surface area contributed by atoms with Crippen LogP contribution in [0.4, 0.5) is 17.1 Å². The maximum Gasteiger partial charge on any atom is 0.311 e. The molecular weight excluding hydrogens is 470 g/mol. The number of anilines is 2. The van der Waals surface area contributed by atoms with E-state index in [1.807, 2.05) is 26.0 Å². The van der Waals surface area contributed by atoms with Gasteiger partial charge in [-0.3, -0.25) is 24.5 Å². The molecule has 1 N–H and O–H groups in total. The predicted octanol–water partition coefficient (Wildman–Crippen LogP) is 3.51. The third kappa shape index (κ3) is 5.26. The number of amides is 2. The van der Waals surface area contributed by atoms with Gasteiger partial charge in [0.1, 0.15) is 0 Å². The van der Waals surface area contributed by atoms with E-state index in [0.717, 1.165) is 15.6 Å². The van der Waals surface area contributed by atoms with Crippen molar-refractivity contribution >= 4 is 50.8 Å². The first-order valence-electron chi connectivity index (χ1n) is 9.43. The van der Waals surface area contributed by atoms with E-state index in [9.17, 15) is 24.5 Å². The highest BCUT2D eigenvalue weighted by molar-refractivity contribution is 9.10. The van der Waals surface area contributed by atoms with Crippen LogP contribution in [0.15, 0.2) is 40.9 Å². The van der Waals surface area contributed by atoms with Gasteiger partial charge in [-0.15, -0.1) is 0 Å². The van der Waals surface area contributed by atoms with Gasteiger partial charge in [-0.05, 0) is 49.2 Å². The van der Waals surface area contributed by atoms with E-state index in [0.29, 0.717) is 11.4 Å². The molecule has 2 amide bonds. The van der Waals surface area contributed by atoms with Crippen LogP contribution in [0.5, 0.6) is 0 Å². The molecule has 31 heavy (non-hydrogen) atoms. The van der Waals surface area contributed by atoms with E-state index in [4.69, 9.17) is 4.74 Å². The average molecular weight is 490 g/mol. The maximum atomic E-state index is 12.4. The summed E-state index contributed by atoms with van der Waals surface area (Å²) in [6.45, 7) is 3.37. The number of ether oxygens (including phenoxy) is 1. The van der Waals surface area contributed by atoms with E-state index in [1.54, 1.807) is 0 Å². The van der Waals surface area contributed by atoms with E-state index < -0.39 is 29.3 Å². The number of nitrogens with zero attached hydrogens (tertiary/aromatic N) is 2. The van der Waals surface area contributed by atoms with Gasteiger partial charge in [-0.25, -0.2) is 0 Å². The van der Waals surface area contributed by atoms with Crippen molar-refractivity contribution in [1.82, 2.24) is 0 Å². The molecule has 1 fully saturated rings. The smallest absolute Gasteiger partial charge is 0.311 e. The molecule has 0 aliphatic carbocycles. The molecule has 0 bridgehead atoms. The molecule has 1 aliphatic heterocycles. The summed E-state index contributed by atoms with van der Waals surface area (Å²) in [6.07, 6.45) is -0.0531. The number of carbonyl (C=O) groups excluding carboxylic acids is 3. The van der Waals surface area contributed by atoms with Crippen LogP contribution < -0.4 is 10.2 Å². The van der Waals surface area contributed by atoms with Gasteiger partial charge in [0, 0.05) is 40.9 Å². The Morgan fingerprint density at radius 3 is 2.55 bits per heavy atom. The monoisotopic (exact) mass is 489 g/mol. The largest absolute Gasteiger partial charge is 0.455 e. The Kier molecular flexibility index (Phi) is 6.69. The molecule has 162 valence electrons. The summed E-state index contributed by atoms with van der Waals surface area (Å²) >= 11 is 3.43. The molecule has 0 radical (unpaired) electrons. The average Bonchev–Trinajstić information content (AvgIpc) is 3.12. The van der Waals surface area contributed by atoms with Crippen molar-refractivity contribution in [3.05, 3.63) is 62.1 Å². The lowest BCUT2D eigenvalue weighted by molar-refractivity contribution is -0.384. The minimum Gasteiger partial charge on any atom is -0.455 e. The Balaban J connectivity index is 1.55. The van der Waals surface area contributed by atoms with Crippen molar-refractivity contribution in [1.29, 1.82) is 0 Å². The number of esters is 1. The summed E-state index contributed by atoms with van der Waals surface area (Å²) in [5, 5.41) is 13.5. The van der Waals surface area contributed by atoms with Crippen molar-refractivity contribution in [2.75, 3.05) is 23.4 Å². The van der Waals surface area contributed by atoms with E-state index in [-0.39, 0.29) is 24.6 Å². The zero-order valence-electron chi connectivity index (χ0n) is 16.9. The molecule has 1 saturated heterocycles. The van der Waals surface area contributed by atoms with Crippen LogP contribution in [0.25, 0.3) is 0 Å². The second-order valence-corrected chi connectivity index (χ2v) is 8.11. The van der Waals surface area contributed by atoms with Crippen LogP contribution in [-0.2, 0) is 19.1 Å². The Morgan fingerprint density at radius 2 is 1.90 bits per heavy atom. The Bertz CT molecular complexity index is 1050. The number of rotatable bonds is 6. The topological polar surface area (TPSA) is 119 Å². The molecule has 0 unspecified atom stereocenters. The predicted molar refractivity (Wildman–Crippen MR) is 117 cm³/mol. The number of halogens is 1. The number of carbonyl (C=O) groups is 3. The van der Waals surface area contributed by atoms with E-state index >= 15 is 0 Å². The van der Waals surface area contributed by atoms with Gasteiger partial charge in [0.2, 0.25) is 5.91 Å². The molecule has 0 saturated carbocycles. The first-order chi connectivity index (χ1) is 14.7. The molecule has 2 aromatic rings. The maximum absolute atomic E-state index is 12.4. The van der Waals surface area contributed by atoms with Crippen LogP contribution in [0, 0.1) is 29.9 Å². The molecule has 0 aromatic heterocycles. The molecule has 1 heterocycles. The molecule has 1 aliphatic rings. The molecule has 1 atom stereocenters. The fourth-order valence-electron chi connectivity index (χ4n) is 3.23. The van der Waals surface area contributed by atoms with Crippen molar-refractivity contribution in [2.45, 2.75) is 20.3 Å². The second kappa shape index (κ2) is 9.25. The SMILES string of the molecule is Cc1cc(NC(=O)COC(=O)[C@@H]2CC(=O)N(c3ccc([N+](=O)[O-])cc3)C2)c(C)cc1Br. The quantitative estimate of drug-likeness (QED) is 0.376. The number of hydrogen-bond acceptors (Lipinski definition) is 6. The second-order valence-electron chi connectivity index (χ2n) is 7.25. The van der Waals surface area contributed by atoms with Crippen LogP contribution in [0.2, 0.25) is 0 Å².